The van der Waals surface area contributed by atoms with Crippen molar-refractivity contribution in [2.75, 3.05) is 26.2 Å². The topological polar surface area (TPSA) is 56.4 Å². The van der Waals surface area contributed by atoms with Gasteiger partial charge in [0.05, 0.1) is 6.42 Å². The zero-order chi connectivity index (χ0) is 20.6. The van der Waals surface area contributed by atoms with Crippen molar-refractivity contribution in [3.8, 4) is 0 Å². The second-order valence-corrected chi connectivity index (χ2v) is 8.90. The van der Waals surface area contributed by atoms with E-state index in [4.69, 9.17) is 0 Å². The Hall–Kier alpha value is -2.92. The number of aromatic amines is 1. The summed E-state index contributed by atoms with van der Waals surface area (Å²) in [5.74, 6) is 0.0640. The SMILES string of the molecule is O=C(Cc1cc2ccccc2[nH]c1=O)N1CCC2(CCN(Cc3ccccc3)C2)C1. The molecule has 1 spiro atoms. The van der Waals surface area contributed by atoms with Crippen LogP contribution in [0.3, 0.4) is 0 Å². The highest BCUT2D eigenvalue weighted by Gasteiger charge is 2.44. The molecule has 2 aromatic carbocycles. The molecule has 5 heteroatoms. The third-order valence-corrected chi connectivity index (χ3v) is 6.73. The minimum atomic E-state index is -0.161. The van der Waals surface area contributed by atoms with Gasteiger partial charge in [0.25, 0.3) is 5.56 Å². The minimum absolute atomic E-state index is 0.0640. The Morgan fingerprint density at radius 3 is 2.60 bits per heavy atom. The van der Waals surface area contributed by atoms with E-state index >= 15 is 0 Å². The third kappa shape index (κ3) is 3.77. The van der Waals surface area contributed by atoms with E-state index in [-0.39, 0.29) is 23.3 Å². The van der Waals surface area contributed by atoms with Gasteiger partial charge in [-0.15, -0.1) is 0 Å². The van der Waals surface area contributed by atoms with E-state index in [0.717, 1.165) is 56.5 Å². The number of hydrogen-bond donors (Lipinski definition) is 1. The van der Waals surface area contributed by atoms with Gasteiger partial charge in [-0.3, -0.25) is 14.5 Å². The Morgan fingerprint density at radius 1 is 0.967 bits per heavy atom. The van der Waals surface area contributed by atoms with Gasteiger partial charge in [0.15, 0.2) is 0 Å². The molecule has 2 fully saturated rings. The quantitative estimate of drug-likeness (QED) is 0.731. The van der Waals surface area contributed by atoms with E-state index in [0.29, 0.717) is 5.56 Å². The summed E-state index contributed by atoms with van der Waals surface area (Å²) >= 11 is 0. The van der Waals surface area contributed by atoms with Crippen LogP contribution in [0, 0.1) is 5.41 Å². The first-order valence-electron chi connectivity index (χ1n) is 10.8. The molecule has 1 amide bonds. The lowest BCUT2D eigenvalue weighted by molar-refractivity contribution is -0.129. The number of H-pyrrole nitrogens is 1. The Labute approximate surface area is 176 Å². The van der Waals surface area contributed by atoms with Gasteiger partial charge >= 0.3 is 0 Å². The van der Waals surface area contributed by atoms with Crippen molar-refractivity contribution < 1.29 is 4.79 Å². The Balaban J connectivity index is 1.23. The normalized spacial score (nSPS) is 21.7. The largest absolute Gasteiger partial charge is 0.342 e. The molecule has 1 aromatic heterocycles. The second kappa shape index (κ2) is 7.73. The van der Waals surface area contributed by atoms with E-state index in [2.05, 4.69) is 40.2 Å². The zero-order valence-electron chi connectivity index (χ0n) is 17.1. The smallest absolute Gasteiger partial charge is 0.252 e. The van der Waals surface area contributed by atoms with Crippen LogP contribution in [0.5, 0.6) is 0 Å². The molecule has 5 nitrogen and oxygen atoms in total. The predicted molar refractivity (Wildman–Crippen MR) is 118 cm³/mol. The van der Waals surface area contributed by atoms with Crippen molar-refractivity contribution in [3.05, 3.63) is 82.1 Å². The molecule has 0 saturated carbocycles. The number of rotatable bonds is 4. The van der Waals surface area contributed by atoms with Crippen LogP contribution in [0.4, 0.5) is 0 Å². The fraction of sp³-hybridized carbons (Fsp3) is 0.360. The van der Waals surface area contributed by atoms with Crippen molar-refractivity contribution >= 4 is 16.8 Å². The molecule has 3 heterocycles. The van der Waals surface area contributed by atoms with Crippen molar-refractivity contribution in [2.24, 2.45) is 5.41 Å². The van der Waals surface area contributed by atoms with Gasteiger partial charge in [0.1, 0.15) is 0 Å². The number of amides is 1. The van der Waals surface area contributed by atoms with Crippen LogP contribution in [0.15, 0.2) is 65.5 Å². The highest BCUT2D eigenvalue weighted by molar-refractivity contribution is 5.82. The monoisotopic (exact) mass is 401 g/mol. The number of para-hydroxylation sites is 1. The summed E-state index contributed by atoms with van der Waals surface area (Å²) in [7, 11) is 0. The summed E-state index contributed by atoms with van der Waals surface area (Å²) in [5.41, 5.74) is 2.75. The first kappa shape index (κ1) is 19.1. The van der Waals surface area contributed by atoms with Gasteiger partial charge in [-0.1, -0.05) is 48.5 Å². The van der Waals surface area contributed by atoms with Gasteiger partial charge in [-0.05, 0) is 42.5 Å². The Kier molecular flexibility index (Phi) is 4.91. The molecule has 0 bridgehead atoms. The van der Waals surface area contributed by atoms with E-state index < -0.39 is 0 Å². The fourth-order valence-corrected chi connectivity index (χ4v) is 5.08. The molecule has 2 saturated heterocycles. The molecule has 1 unspecified atom stereocenters. The van der Waals surface area contributed by atoms with Gasteiger partial charge in [-0.25, -0.2) is 0 Å². The number of nitrogens with one attached hydrogen (secondary N) is 1. The number of carbonyl (C=O) groups excluding carboxylic acids is 1. The lowest BCUT2D eigenvalue weighted by Crippen LogP contribution is -2.35. The first-order chi connectivity index (χ1) is 14.6. The molecule has 154 valence electrons. The maximum absolute atomic E-state index is 13.0. The molecular formula is C25H27N3O2. The molecule has 5 rings (SSSR count). The molecule has 30 heavy (non-hydrogen) atoms. The molecule has 2 aliphatic rings. The van der Waals surface area contributed by atoms with Crippen LogP contribution in [0.2, 0.25) is 0 Å². The number of likely N-dealkylation sites (tertiary alicyclic amines) is 2. The minimum Gasteiger partial charge on any atom is -0.342 e. The molecular weight excluding hydrogens is 374 g/mol. The van der Waals surface area contributed by atoms with E-state index in [1.54, 1.807) is 0 Å². The lowest BCUT2D eigenvalue weighted by Gasteiger charge is -2.25. The van der Waals surface area contributed by atoms with Gasteiger partial charge in [0.2, 0.25) is 5.91 Å². The van der Waals surface area contributed by atoms with Crippen molar-refractivity contribution in [1.29, 1.82) is 0 Å². The van der Waals surface area contributed by atoms with Gasteiger partial charge in [-0.2, -0.15) is 0 Å². The molecule has 0 radical (unpaired) electrons. The van der Waals surface area contributed by atoms with Crippen molar-refractivity contribution in [3.63, 3.8) is 0 Å². The summed E-state index contributed by atoms with van der Waals surface area (Å²) in [4.78, 5) is 32.8. The van der Waals surface area contributed by atoms with Crippen LogP contribution in [-0.2, 0) is 17.8 Å². The molecule has 1 N–H and O–H groups in total. The Bertz CT molecular complexity index is 1120. The lowest BCUT2D eigenvalue weighted by atomic mass is 9.86. The average molecular weight is 402 g/mol. The number of benzene rings is 2. The second-order valence-electron chi connectivity index (χ2n) is 8.90. The van der Waals surface area contributed by atoms with Crippen LogP contribution >= 0.6 is 0 Å². The highest BCUT2D eigenvalue weighted by Crippen LogP contribution is 2.40. The summed E-state index contributed by atoms with van der Waals surface area (Å²) in [6, 6.07) is 20.1. The van der Waals surface area contributed by atoms with Crippen LogP contribution in [-0.4, -0.2) is 46.9 Å². The van der Waals surface area contributed by atoms with Gasteiger partial charge < -0.3 is 9.88 Å². The van der Waals surface area contributed by atoms with E-state index in [9.17, 15) is 9.59 Å². The highest BCUT2D eigenvalue weighted by atomic mass is 16.2. The number of nitrogens with zero attached hydrogens (tertiary/aromatic N) is 2. The zero-order valence-corrected chi connectivity index (χ0v) is 17.1. The molecule has 1 atom stereocenters. The predicted octanol–water partition coefficient (Wildman–Crippen LogP) is 3.20. The summed E-state index contributed by atoms with van der Waals surface area (Å²) in [5, 5.41) is 0.963. The molecule has 3 aromatic rings. The average Bonchev–Trinajstić information content (AvgIpc) is 3.36. The number of aromatic nitrogens is 1. The number of carbonyl (C=O) groups is 1. The summed E-state index contributed by atoms with van der Waals surface area (Å²) in [6.07, 6.45) is 2.36. The maximum Gasteiger partial charge on any atom is 0.252 e. The van der Waals surface area contributed by atoms with Crippen molar-refractivity contribution in [1.82, 2.24) is 14.8 Å². The van der Waals surface area contributed by atoms with Crippen LogP contribution in [0.1, 0.15) is 24.0 Å². The molecule has 2 aliphatic heterocycles. The van der Waals surface area contributed by atoms with Crippen LogP contribution in [0.25, 0.3) is 10.9 Å². The summed E-state index contributed by atoms with van der Waals surface area (Å²) < 4.78 is 0. The number of hydrogen-bond acceptors (Lipinski definition) is 3. The fourth-order valence-electron chi connectivity index (χ4n) is 5.08. The number of fused-ring (bicyclic) bond motifs is 1. The molecule has 0 aliphatic carbocycles. The maximum atomic E-state index is 13.0. The Morgan fingerprint density at radius 2 is 1.73 bits per heavy atom. The first-order valence-corrected chi connectivity index (χ1v) is 10.8. The van der Waals surface area contributed by atoms with Crippen LogP contribution < -0.4 is 5.56 Å². The van der Waals surface area contributed by atoms with Crippen molar-refractivity contribution in [2.45, 2.75) is 25.8 Å². The third-order valence-electron chi connectivity index (χ3n) is 6.73. The van der Waals surface area contributed by atoms with Gasteiger partial charge in [0, 0.05) is 42.7 Å². The van der Waals surface area contributed by atoms with E-state index in [1.165, 1.54) is 5.56 Å². The van der Waals surface area contributed by atoms with E-state index in [1.807, 2.05) is 35.2 Å². The standard InChI is InChI=1S/C25H27N3O2/c29-23(15-21-14-20-8-4-5-9-22(20)26-24(21)30)28-13-11-25(18-28)10-12-27(17-25)16-19-6-2-1-3-7-19/h1-9,14H,10-13,15-18H2,(H,26,30). The summed E-state index contributed by atoms with van der Waals surface area (Å²) in [6.45, 7) is 4.71. The number of pyridine rings is 1.